The summed E-state index contributed by atoms with van der Waals surface area (Å²) in [5.74, 6) is -1.39. The molecule has 0 aliphatic heterocycles. The summed E-state index contributed by atoms with van der Waals surface area (Å²) < 4.78 is 10.1. The van der Waals surface area contributed by atoms with Crippen LogP contribution < -0.4 is 15.2 Å². The fourth-order valence-corrected chi connectivity index (χ4v) is 1.43. The van der Waals surface area contributed by atoms with E-state index in [4.69, 9.17) is 20.3 Å². The third kappa shape index (κ3) is 3.55. The highest BCUT2D eigenvalue weighted by molar-refractivity contribution is 5.94. The Morgan fingerprint density at radius 1 is 1.53 bits per heavy atom. The van der Waals surface area contributed by atoms with Gasteiger partial charge in [0.15, 0.2) is 0 Å². The van der Waals surface area contributed by atoms with E-state index in [0.717, 1.165) is 6.07 Å². The van der Waals surface area contributed by atoms with Gasteiger partial charge in [-0.15, -0.1) is 0 Å². The second kappa shape index (κ2) is 6.55. The third-order valence-corrected chi connectivity index (χ3v) is 2.30. The highest BCUT2D eigenvalue weighted by atomic mass is 16.6. The fourth-order valence-electron chi connectivity index (χ4n) is 1.43. The summed E-state index contributed by atoms with van der Waals surface area (Å²) in [4.78, 5) is 21.2. The monoisotopic (exact) mass is 270 g/mol. The van der Waals surface area contributed by atoms with Crippen LogP contribution in [0.25, 0.3) is 0 Å². The molecule has 19 heavy (non-hydrogen) atoms. The SMILES string of the molecule is COc1cc(OCCCN)c([N+](=O)[O-])c(C(=O)O)c1. The molecule has 3 N–H and O–H groups in total. The molecule has 0 saturated heterocycles. The van der Waals surface area contributed by atoms with Gasteiger partial charge in [0.05, 0.1) is 18.6 Å². The molecule has 0 unspecified atom stereocenters. The molecule has 0 amide bonds. The number of benzene rings is 1. The molecule has 8 heteroatoms. The molecule has 0 aliphatic rings. The zero-order valence-corrected chi connectivity index (χ0v) is 10.3. The van der Waals surface area contributed by atoms with Crippen molar-refractivity contribution in [1.82, 2.24) is 0 Å². The van der Waals surface area contributed by atoms with Gasteiger partial charge in [-0.25, -0.2) is 4.79 Å². The Kier molecular flexibility index (Phi) is 5.07. The van der Waals surface area contributed by atoms with Crippen molar-refractivity contribution in [3.05, 3.63) is 27.8 Å². The van der Waals surface area contributed by atoms with E-state index in [1.54, 1.807) is 0 Å². The standard InChI is InChI=1S/C11H14N2O6/c1-18-7-5-8(11(14)15)10(13(16)17)9(6-7)19-4-2-3-12/h5-6H,2-4,12H2,1H3,(H,14,15). The van der Waals surface area contributed by atoms with Crippen molar-refractivity contribution in [3.8, 4) is 11.5 Å². The van der Waals surface area contributed by atoms with Gasteiger partial charge in [0.25, 0.3) is 0 Å². The Labute approximate surface area is 108 Å². The van der Waals surface area contributed by atoms with Crippen LogP contribution >= 0.6 is 0 Å². The highest BCUT2D eigenvalue weighted by Crippen LogP contribution is 2.35. The van der Waals surface area contributed by atoms with E-state index in [1.165, 1.54) is 13.2 Å². The molecule has 0 saturated carbocycles. The molecule has 0 heterocycles. The van der Waals surface area contributed by atoms with Crippen LogP contribution in [0.5, 0.6) is 11.5 Å². The molecule has 0 fully saturated rings. The average Bonchev–Trinajstić information content (AvgIpc) is 2.37. The minimum absolute atomic E-state index is 0.143. The van der Waals surface area contributed by atoms with Crippen molar-refractivity contribution in [2.24, 2.45) is 5.73 Å². The van der Waals surface area contributed by atoms with Crippen molar-refractivity contribution >= 4 is 11.7 Å². The highest BCUT2D eigenvalue weighted by Gasteiger charge is 2.27. The molecule has 0 aliphatic carbocycles. The number of carboxylic acids is 1. The molecule has 0 atom stereocenters. The first-order valence-electron chi connectivity index (χ1n) is 5.43. The van der Waals surface area contributed by atoms with Crippen molar-refractivity contribution in [2.45, 2.75) is 6.42 Å². The molecule has 1 aromatic carbocycles. The van der Waals surface area contributed by atoms with Gasteiger partial charge in [0.1, 0.15) is 11.3 Å². The summed E-state index contributed by atoms with van der Waals surface area (Å²) in [7, 11) is 1.33. The van der Waals surface area contributed by atoms with Crippen LogP contribution in [0.2, 0.25) is 0 Å². The van der Waals surface area contributed by atoms with Gasteiger partial charge in [0, 0.05) is 12.1 Å². The summed E-state index contributed by atoms with van der Waals surface area (Å²) in [5.41, 5.74) is 4.22. The van der Waals surface area contributed by atoms with E-state index in [2.05, 4.69) is 0 Å². The van der Waals surface area contributed by atoms with E-state index in [-0.39, 0.29) is 18.1 Å². The summed E-state index contributed by atoms with van der Waals surface area (Å²) in [6.45, 7) is 0.521. The minimum Gasteiger partial charge on any atom is -0.497 e. The lowest BCUT2D eigenvalue weighted by atomic mass is 10.1. The lowest BCUT2D eigenvalue weighted by Crippen LogP contribution is -2.09. The smallest absolute Gasteiger partial charge is 0.343 e. The molecule has 1 rings (SSSR count). The summed E-state index contributed by atoms with van der Waals surface area (Å²) in [6, 6.07) is 2.36. The molecule has 1 aromatic rings. The molecule has 0 aromatic heterocycles. The number of hydrogen-bond donors (Lipinski definition) is 2. The van der Waals surface area contributed by atoms with E-state index in [1.807, 2.05) is 0 Å². The van der Waals surface area contributed by atoms with Gasteiger partial charge in [-0.1, -0.05) is 0 Å². The number of hydrogen-bond acceptors (Lipinski definition) is 6. The Morgan fingerprint density at radius 2 is 2.21 bits per heavy atom. The van der Waals surface area contributed by atoms with Crippen LogP contribution in [0.4, 0.5) is 5.69 Å². The van der Waals surface area contributed by atoms with E-state index in [0.29, 0.717) is 13.0 Å². The van der Waals surface area contributed by atoms with E-state index < -0.39 is 22.1 Å². The number of aromatic carboxylic acids is 1. The van der Waals surface area contributed by atoms with Crippen LogP contribution in [0.1, 0.15) is 16.8 Å². The maximum absolute atomic E-state index is 11.0. The molecular formula is C11H14N2O6. The normalized spacial score (nSPS) is 10.0. The molecular weight excluding hydrogens is 256 g/mol. The quantitative estimate of drug-likeness (QED) is 0.430. The van der Waals surface area contributed by atoms with Gasteiger partial charge < -0.3 is 20.3 Å². The second-order valence-corrected chi connectivity index (χ2v) is 3.57. The van der Waals surface area contributed by atoms with Crippen molar-refractivity contribution in [3.63, 3.8) is 0 Å². The topological polar surface area (TPSA) is 125 Å². The van der Waals surface area contributed by atoms with Crippen LogP contribution in [0.15, 0.2) is 12.1 Å². The van der Waals surface area contributed by atoms with Gasteiger partial charge in [-0.3, -0.25) is 10.1 Å². The lowest BCUT2D eigenvalue weighted by molar-refractivity contribution is -0.386. The van der Waals surface area contributed by atoms with Gasteiger partial charge in [-0.05, 0) is 13.0 Å². The number of nitrogens with two attached hydrogens (primary N) is 1. The second-order valence-electron chi connectivity index (χ2n) is 3.57. The third-order valence-electron chi connectivity index (χ3n) is 2.30. The number of nitrogens with zero attached hydrogens (tertiary/aromatic N) is 1. The van der Waals surface area contributed by atoms with Crippen LogP contribution in [0, 0.1) is 10.1 Å². The number of carbonyl (C=O) groups is 1. The number of methoxy groups -OCH3 is 1. The first-order chi connectivity index (χ1) is 9.01. The van der Waals surface area contributed by atoms with Gasteiger partial charge in [-0.2, -0.15) is 0 Å². The molecule has 104 valence electrons. The first-order valence-corrected chi connectivity index (χ1v) is 5.43. The summed E-state index contributed by atoms with van der Waals surface area (Å²) >= 11 is 0. The number of nitro groups is 1. The zero-order chi connectivity index (χ0) is 14.4. The Morgan fingerprint density at radius 3 is 2.68 bits per heavy atom. The molecule has 0 radical (unpaired) electrons. The number of nitro benzene ring substituents is 1. The zero-order valence-electron chi connectivity index (χ0n) is 10.3. The molecule has 0 spiro atoms. The summed E-state index contributed by atoms with van der Waals surface area (Å²) in [5, 5.41) is 20.0. The Bertz CT molecular complexity index is 488. The number of carboxylic acid groups (broad SMARTS) is 1. The minimum atomic E-state index is -1.42. The van der Waals surface area contributed by atoms with E-state index in [9.17, 15) is 14.9 Å². The van der Waals surface area contributed by atoms with Crippen LogP contribution in [-0.4, -0.2) is 36.3 Å². The van der Waals surface area contributed by atoms with Gasteiger partial charge >= 0.3 is 11.7 Å². The lowest BCUT2D eigenvalue weighted by Gasteiger charge is -2.10. The van der Waals surface area contributed by atoms with Crippen molar-refractivity contribution in [1.29, 1.82) is 0 Å². The van der Waals surface area contributed by atoms with Crippen molar-refractivity contribution in [2.75, 3.05) is 20.3 Å². The number of rotatable bonds is 7. The molecule has 0 bridgehead atoms. The number of ether oxygens (including phenoxy) is 2. The average molecular weight is 270 g/mol. The summed E-state index contributed by atoms with van der Waals surface area (Å²) in [6.07, 6.45) is 0.497. The largest absolute Gasteiger partial charge is 0.497 e. The van der Waals surface area contributed by atoms with E-state index >= 15 is 0 Å². The predicted octanol–water partition coefficient (Wildman–Crippen LogP) is 1.03. The molecule has 8 nitrogen and oxygen atoms in total. The van der Waals surface area contributed by atoms with Crippen molar-refractivity contribution < 1.29 is 24.3 Å². The maximum Gasteiger partial charge on any atom is 0.343 e. The Balaban J connectivity index is 3.27. The Hall–Kier alpha value is -2.35. The van der Waals surface area contributed by atoms with Crippen LogP contribution in [-0.2, 0) is 0 Å². The fraction of sp³-hybridized carbons (Fsp3) is 0.364. The predicted molar refractivity (Wildman–Crippen MR) is 65.8 cm³/mol. The van der Waals surface area contributed by atoms with Gasteiger partial charge in [0.2, 0.25) is 5.75 Å². The van der Waals surface area contributed by atoms with Crippen LogP contribution in [0.3, 0.4) is 0 Å². The first kappa shape index (κ1) is 14.7. The maximum atomic E-state index is 11.0.